The summed E-state index contributed by atoms with van der Waals surface area (Å²) in [6.07, 6.45) is 0. The highest BCUT2D eigenvalue weighted by molar-refractivity contribution is 5.78. The van der Waals surface area contributed by atoms with Gasteiger partial charge in [-0.3, -0.25) is 4.79 Å². The number of methoxy groups -OCH3 is 1. The summed E-state index contributed by atoms with van der Waals surface area (Å²) in [5.41, 5.74) is 0.486. The maximum absolute atomic E-state index is 11.8. The van der Waals surface area contributed by atoms with Crippen molar-refractivity contribution in [3.05, 3.63) is 0 Å². The number of rotatable bonds is 5. The van der Waals surface area contributed by atoms with Crippen LogP contribution >= 0.6 is 0 Å². The molecule has 1 aliphatic heterocycles. The Hall–Kier alpha value is -0.610. The van der Waals surface area contributed by atoms with E-state index in [2.05, 4.69) is 19.2 Å². The number of hydrogen-bond donors (Lipinski definition) is 1. The zero-order chi connectivity index (χ0) is 11.8. The second-order valence-electron chi connectivity index (χ2n) is 5.50. The summed E-state index contributed by atoms with van der Waals surface area (Å²) < 4.78 is 4.91. The molecule has 0 aromatic heterocycles. The highest BCUT2D eigenvalue weighted by atomic mass is 16.5. The summed E-state index contributed by atoms with van der Waals surface area (Å²) in [4.78, 5) is 13.8. The van der Waals surface area contributed by atoms with E-state index < -0.39 is 0 Å². The normalized spacial score (nSPS) is 30.3. The summed E-state index contributed by atoms with van der Waals surface area (Å²) in [6, 6.07) is 0. The fourth-order valence-electron chi connectivity index (χ4n) is 2.82. The molecule has 0 spiro atoms. The van der Waals surface area contributed by atoms with Crippen LogP contribution in [0.3, 0.4) is 0 Å². The first-order valence-electron chi connectivity index (χ1n) is 6.04. The molecule has 4 nitrogen and oxygen atoms in total. The predicted molar refractivity (Wildman–Crippen MR) is 62.1 cm³/mol. The third-order valence-corrected chi connectivity index (χ3v) is 4.23. The molecule has 0 aromatic rings. The molecule has 1 saturated carbocycles. The Morgan fingerprint density at radius 1 is 1.44 bits per heavy atom. The summed E-state index contributed by atoms with van der Waals surface area (Å²) in [6.45, 7) is 8.39. The first kappa shape index (κ1) is 11.9. The average Bonchev–Trinajstić information content (AvgIpc) is 2.69. The molecule has 2 aliphatic rings. The molecule has 1 aliphatic carbocycles. The van der Waals surface area contributed by atoms with E-state index in [1.54, 1.807) is 7.11 Å². The van der Waals surface area contributed by atoms with Crippen LogP contribution in [-0.2, 0) is 9.53 Å². The van der Waals surface area contributed by atoms with Crippen molar-refractivity contribution in [2.75, 3.05) is 39.9 Å². The lowest BCUT2D eigenvalue weighted by Crippen LogP contribution is -2.39. The van der Waals surface area contributed by atoms with E-state index >= 15 is 0 Å². The molecule has 1 heterocycles. The van der Waals surface area contributed by atoms with Gasteiger partial charge in [-0.05, 0) is 17.3 Å². The molecule has 92 valence electrons. The maximum Gasteiger partial charge on any atom is 0.236 e. The van der Waals surface area contributed by atoms with Crippen LogP contribution in [0.15, 0.2) is 0 Å². The number of ether oxygens (including phenoxy) is 1. The van der Waals surface area contributed by atoms with Crippen molar-refractivity contribution < 1.29 is 9.53 Å². The number of hydrogen-bond acceptors (Lipinski definition) is 3. The van der Waals surface area contributed by atoms with E-state index in [4.69, 9.17) is 4.74 Å². The molecule has 2 fully saturated rings. The van der Waals surface area contributed by atoms with Gasteiger partial charge in [0.05, 0.1) is 13.2 Å². The SMILES string of the molecule is COCCNCC(=O)N1CC2C(C1)C2(C)C. The Kier molecular flexibility index (Phi) is 3.22. The molecular weight excluding hydrogens is 204 g/mol. The molecule has 0 aromatic carbocycles. The summed E-state index contributed by atoms with van der Waals surface area (Å²) in [7, 11) is 1.67. The highest BCUT2D eigenvalue weighted by Crippen LogP contribution is 2.61. The predicted octanol–water partition coefficient (Wildman–Crippen LogP) is 0.337. The Morgan fingerprint density at radius 3 is 2.62 bits per heavy atom. The van der Waals surface area contributed by atoms with Gasteiger partial charge in [0.1, 0.15) is 0 Å². The van der Waals surface area contributed by atoms with E-state index in [1.165, 1.54) is 0 Å². The Morgan fingerprint density at radius 2 is 2.06 bits per heavy atom. The van der Waals surface area contributed by atoms with Crippen molar-refractivity contribution in [2.45, 2.75) is 13.8 Å². The summed E-state index contributed by atoms with van der Waals surface area (Å²) in [5.74, 6) is 1.73. The summed E-state index contributed by atoms with van der Waals surface area (Å²) in [5, 5.41) is 3.10. The zero-order valence-electron chi connectivity index (χ0n) is 10.5. The van der Waals surface area contributed by atoms with Gasteiger partial charge in [-0.15, -0.1) is 0 Å². The number of fused-ring (bicyclic) bond motifs is 1. The molecule has 1 N–H and O–H groups in total. The van der Waals surface area contributed by atoms with E-state index in [0.717, 1.165) is 31.5 Å². The molecule has 2 atom stereocenters. The van der Waals surface area contributed by atoms with Gasteiger partial charge >= 0.3 is 0 Å². The van der Waals surface area contributed by atoms with Crippen LogP contribution < -0.4 is 5.32 Å². The number of carbonyl (C=O) groups is 1. The van der Waals surface area contributed by atoms with Crippen LogP contribution in [0.2, 0.25) is 0 Å². The minimum absolute atomic E-state index is 0.235. The maximum atomic E-state index is 11.8. The fourth-order valence-corrected chi connectivity index (χ4v) is 2.82. The molecular formula is C12H22N2O2. The van der Waals surface area contributed by atoms with Crippen LogP contribution in [0.5, 0.6) is 0 Å². The number of carbonyl (C=O) groups excluding carboxylic acids is 1. The minimum Gasteiger partial charge on any atom is -0.383 e. The highest BCUT2D eigenvalue weighted by Gasteiger charge is 2.62. The minimum atomic E-state index is 0.235. The van der Waals surface area contributed by atoms with Crippen molar-refractivity contribution in [1.82, 2.24) is 10.2 Å². The van der Waals surface area contributed by atoms with Gasteiger partial charge in [0, 0.05) is 26.7 Å². The van der Waals surface area contributed by atoms with Gasteiger partial charge < -0.3 is 15.0 Å². The quantitative estimate of drug-likeness (QED) is 0.687. The molecule has 1 saturated heterocycles. The molecule has 0 radical (unpaired) electrons. The van der Waals surface area contributed by atoms with Crippen molar-refractivity contribution in [1.29, 1.82) is 0 Å². The lowest BCUT2D eigenvalue weighted by molar-refractivity contribution is -0.130. The Bertz CT molecular complexity index is 264. The average molecular weight is 226 g/mol. The lowest BCUT2D eigenvalue weighted by Gasteiger charge is -2.22. The van der Waals surface area contributed by atoms with Crippen LogP contribution in [0.25, 0.3) is 0 Å². The van der Waals surface area contributed by atoms with Gasteiger partial charge in [0.25, 0.3) is 0 Å². The standard InChI is InChI=1S/C12H22N2O2/c1-12(2)9-7-14(8-10(9)12)11(15)6-13-4-5-16-3/h9-10,13H,4-8H2,1-3H3. The van der Waals surface area contributed by atoms with E-state index in [-0.39, 0.29) is 5.91 Å². The van der Waals surface area contributed by atoms with Crippen molar-refractivity contribution in [3.8, 4) is 0 Å². The van der Waals surface area contributed by atoms with Crippen LogP contribution in [0, 0.1) is 17.3 Å². The van der Waals surface area contributed by atoms with Gasteiger partial charge in [-0.25, -0.2) is 0 Å². The van der Waals surface area contributed by atoms with E-state index in [0.29, 0.717) is 18.6 Å². The van der Waals surface area contributed by atoms with Crippen LogP contribution in [-0.4, -0.2) is 50.7 Å². The summed E-state index contributed by atoms with van der Waals surface area (Å²) >= 11 is 0. The van der Waals surface area contributed by atoms with Gasteiger partial charge in [0.2, 0.25) is 5.91 Å². The van der Waals surface area contributed by atoms with Gasteiger partial charge in [-0.1, -0.05) is 13.8 Å². The van der Waals surface area contributed by atoms with E-state index in [9.17, 15) is 4.79 Å². The van der Waals surface area contributed by atoms with Crippen LogP contribution in [0.1, 0.15) is 13.8 Å². The van der Waals surface area contributed by atoms with Gasteiger partial charge in [0.15, 0.2) is 0 Å². The topological polar surface area (TPSA) is 41.6 Å². The number of piperidine rings is 1. The third kappa shape index (κ3) is 2.09. The van der Waals surface area contributed by atoms with Crippen molar-refractivity contribution in [3.63, 3.8) is 0 Å². The third-order valence-electron chi connectivity index (χ3n) is 4.23. The second-order valence-corrected chi connectivity index (χ2v) is 5.50. The first-order chi connectivity index (χ1) is 7.57. The number of nitrogens with zero attached hydrogens (tertiary/aromatic N) is 1. The molecule has 1 amide bonds. The van der Waals surface area contributed by atoms with Gasteiger partial charge in [-0.2, -0.15) is 0 Å². The number of likely N-dealkylation sites (tertiary alicyclic amines) is 1. The largest absolute Gasteiger partial charge is 0.383 e. The number of amides is 1. The monoisotopic (exact) mass is 226 g/mol. The van der Waals surface area contributed by atoms with E-state index in [1.807, 2.05) is 4.90 Å². The van der Waals surface area contributed by atoms with Crippen molar-refractivity contribution in [2.24, 2.45) is 17.3 Å². The Balaban J connectivity index is 1.65. The molecule has 16 heavy (non-hydrogen) atoms. The molecule has 2 unspecified atom stereocenters. The zero-order valence-corrected chi connectivity index (χ0v) is 10.5. The Labute approximate surface area is 97.3 Å². The first-order valence-corrected chi connectivity index (χ1v) is 6.04. The smallest absolute Gasteiger partial charge is 0.236 e. The second kappa shape index (κ2) is 4.34. The fraction of sp³-hybridized carbons (Fsp3) is 0.917. The lowest BCUT2D eigenvalue weighted by atomic mass is 10.1. The van der Waals surface area contributed by atoms with Crippen molar-refractivity contribution >= 4 is 5.91 Å². The molecule has 4 heteroatoms. The molecule has 2 rings (SSSR count). The van der Waals surface area contributed by atoms with Crippen LogP contribution in [0.4, 0.5) is 0 Å². The molecule has 0 bridgehead atoms. The number of nitrogens with one attached hydrogen (secondary N) is 1.